The summed E-state index contributed by atoms with van der Waals surface area (Å²) in [6.07, 6.45) is 1.97. The first-order chi connectivity index (χ1) is 7.40. The molecule has 0 amide bonds. The number of benzene rings is 1. The van der Waals surface area contributed by atoms with E-state index in [-0.39, 0.29) is 0 Å². The molecule has 0 saturated heterocycles. The van der Waals surface area contributed by atoms with Gasteiger partial charge in [-0.05, 0) is 6.07 Å². The standard InChI is InChI=1S/C12H14N2O/c1-15-10-9-14-8-7-12(13-14)11-5-3-2-4-6-11/h2-8H,9-10H2,1H3. The molecule has 1 aromatic carbocycles. The Morgan fingerprint density at radius 2 is 2.00 bits per heavy atom. The van der Waals surface area contributed by atoms with E-state index in [1.807, 2.05) is 35.1 Å². The molecule has 2 aromatic rings. The normalized spacial score (nSPS) is 10.5. The number of rotatable bonds is 4. The molecular weight excluding hydrogens is 188 g/mol. The second-order valence-electron chi connectivity index (χ2n) is 3.32. The SMILES string of the molecule is COCCn1ccc(-c2ccccc2)n1. The monoisotopic (exact) mass is 202 g/mol. The van der Waals surface area contributed by atoms with Crippen molar-refractivity contribution in [3.63, 3.8) is 0 Å². The van der Waals surface area contributed by atoms with E-state index in [0.717, 1.165) is 17.8 Å². The first kappa shape index (κ1) is 9.93. The average Bonchev–Trinajstić information content (AvgIpc) is 2.76. The molecule has 0 radical (unpaired) electrons. The van der Waals surface area contributed by atoms with Crippen LogP contribution in [-0.2, 0) is 11.3 Å². The maximum Gasteiger partial charge on any atom is 0.0923 e. The van der Waals surface area contributed by atoms with Gasteiger partial charge in [-0.15, -0.1) is 0 Å². The zero-order valence-electron chi connectivity index (χ0n) is 8.76. The Morgan fingerprint density at radius 3 is 2.73 bits per heavy atom. The van der Waals surface area contributed by atoms with E-state index in [9.17, 15) is 0 Å². The van der Waals surface area contributed by atoms with Crippen molar-refractivity contribution in [2.24, 2.45) is 0 Å². The molecule has 0 spiro atoms. The second kappa shape index (κ2) is 4.75. The molecule has 0 aliphatic carbocycles. The van der Waals surface area contributed by atoms with Crippen LogP contribution in [0.3, 0.4) is 0 Å². The van der Waals surface area contributed by atoms with E-state index in [1.165, 1.54) is 0 Å². The van der Waals surface area contributed by atoms with Crippen LogP contribution in [0.4, 0.5) is 0 Å². The van der Waals surface area contributed by atoms with Crippen LogP contribution in [0.25, 0.3) is 11.3 Å². The van der Waals surface area contributed by atoms with Crippen molar-refractivity contribution >= 4 is 0 Å². The quantitative estimate of drug-likeness (QED) is 0.760. The molecule has 0 bridgehead atoms. The molecular formula is C12H14N2O. The molecule has 1 aromatic heterocycles. The molecule has 0 atom stereocenters. The molecule has 0 aliphatic heterocycles. The van der Waals surface area contributed by atoms with E-state index in [0.29, 0.717) is 6.61 Å². The molecule has 2 rings (SSSR count). The zero-order valence-corrected chi connectivity index (χ0v) is 8.76. The summed E-state index contributed by atoms with van der Waals surface area (Å²) in [5.41, 5.74) is 2.15. The highest BCUT2D eigenvalue weighted by atomic mass is 16.5. The number of ether oxygens (including phenoxy) is 1. The fraction of sp³-hybridized carbons (Fsp3) is 0.250. The van der Waals surface area contributed by atoms with E-state index < -0.39 is 0 Å². The Kier molecular flexibility index (Phi) is 3.15. The molecule has 3 nitrogen and oxygen atoms in total. The largest absolute Gasteiger partial charge is 0.383 e. The van der Waals surface area contributed by atoms with Gasteiger partial charge in [-0.1, -0.05) is 30.3 Å². The molecule has 0 unspecified atom stereocenters. The van der Waals surface area contributed by atoms with Gasteiger partial charge in [0.05, 0.1) is 18.8 Å². The van der Waals surface area contributed by atoms with Gasteiger partial charge in [-0.3, -0.25) is 4.68 Å². The van der Waals surface area contributed by atoms with Crippen molar-refractivity contribution in [3.8, 4) is 11.3 Å². The van der Waals surface area contributed by atoms with Crippen LogP contribution in [0.1, 0.15) is 0 Å². The van der Waals surface area contributed by atoms with Gasteiger partial charge < -0.3 is 4.74 Å². The molecule has 0 aliphatic rings. The van der Waals surface area contributed by atoms with Crippen LogP contribution in [0, 0.1) is 0 Å². The van der Waals surface area contributed by atoms with Gasteiger partial charge in [0.2, 0.25) is 0 Å². The third-order valence-electron chi connectivity index (χ3n) is 2.23. The summed E-state index contributed by atoms with van der Waals surface area (Å²) in [6, 6.07) is 12.2. The number of nitrogens with zero attached hydrogens (tertiary/aromatic N) is 2. The van der Waals surface area contributed by atoms with Crippen molar-refractivity contribution < 1.29 is 4.74 Å². The van der Waals surface area contributed by atoms with E-state index in [2.05, 4.69) is 17.2 Å². The number of methoxy groups -OCH3 is 1. The smallest absolute Gasteiger partial charge is 0.0923 e. The van der Waals surface area contributed by atoms with E-state index in [4.69, 9.17) is 4.74 Å². The molecule has 78 valence electrons. The third-order valence-corrected chi connectivity index (χ3v) is 2.23. The molecule has 3 heteroatoms. The Balaban J connectivity index is 2.14. The van der Waals surface area contributed by atoms with Gasteiger partial charge in [-0.2, -0.15) is 5.10 Å². The van der Waals surface area contributed by atoms with Gasteiger partial charge in [0, 0.05) is 18.9 Å². The Morgan fingerprint density at radius 1 is 1.20 bits per heavy atom. The second-order valence-corrected chi connectivity index (χ2v) is 3.32. The highest BCUT2D eigenvalue weighted by Gasteiger charge is 2.00. The third kappa shape index (κ3) is 2.44. The molecule has 0 N–H and O–H groups in total. The molecule has 15 heavy (non-hydrogen) atoms. The predicted molar refractivity (Wildman–Crippen MR) is 59.5 cm³/mol. The van der Waals surface area contributed by atoms with Crippen molar-refractivity contribution in [2.45, 2.75) is 6.54 Å². The number of aromatic nitrogens is 2. The Hall–Kier alpha value is -1.61. The summed E-state index contributed by atoms with van der Waals surface area (Å²) in [5, 5.41) is 4.45. The fourth-order valence-electron chi connectivity index (χ4n) is 1.43. The maximum atomic E-state index is 5.00. The van der Waals surface area contributed by atoms with Gasteiger partial charge in [0.1, 0.15) is 0 Å². The minimum absolute atomic E-state index is 0.690. The van der Waals surface area contributed by atoms with Gasteiger partial charge in [0.15, 0.2) is 0 Å². The van der Waals surface area contributed by atoms with Crippen LogP contribution in [0.5, 0.6) is 0 Å². The first-order valence-electron chi connectivity index (χ1n) is 4.98. The summed E-state index contributed by atoms with van der Waals surface area (Å²) in [4.78, 5) is 0. The van der Waals surface area contributed by atoms with E-state index in [1.54, 1.807) is 7.11 Å². The average molecular weight is 202 g/mol. The van der Waals surface area contributed by atoms with Crippen molar-refractivity contribution in [1.82, 2.24) is 9.78 Å². The van der Waals surface area contributed by atoms with Crippen LogP contribution in [-0.4, -0.2) is 23.5 Å². The Labute approximate surface area is 89.3 Å². The van der Waals surface area contributed by atoms with Crippen LogP contribution in [0.2, 0.25) is 0 Å². The lowest BCUT2D eigenvalue weighted by Crippen LogP contribution is -2.04. The van der Waals surface area contributed by atoms with Gasteiger partial charge in [-0.25, -0.2) is 0 Å². The van der Waals surface area contributed by atoms with E-state index >= 15 is 0 Å². The summed E-state index contributed by atoms with van der Waals surface area (Å²) in [5.74, 6) is 0. The van der Waals surface area contributed by atoms with Crippen LogP contribution >= 0.6 is 0 Å². The Bertz CT molecular complexity index is 409. The maximum absolute atomic E-state index is 5.00. The lowest BCUT2D eigenvalue weighted by Gasteiger charge is -1.99. The lowest BCUT2D eigenvalue weighted by molar-refractivity contribution is 0.183. The summed E-state index contributed by atoms with van der Waals surface area (Å²) in [7, 11) is 1.70. The predicted octanol–water partition coefficient (Wildman–Crippen LogP) is 2.20. The molecule has 0 saturated carbocycles. The minimum Gasteiger partial charge on any atom is -0.383 e. The molecule has 1 heterocycles. The topological polar surface area (TPSA) is 27.1 Å². The number of hydrogen-bond donors (Lipinski definition) is 0. The van der Waals surface area contributed by atoms with Crippen molar-refractivity contribution in [3.05, 3.63) is 42.6 Å². The highest BCUT2D eigenvalue weighted by molar-refractivity contribution is 5.57. The van der Waals surface area contributed by atoms with Crippen LogP contribution in [0.15, 0.2) is 42.6 Å². The minimum atomic E-state index is 0.690. The number of hydrogen-bond acceptors (Lipinski definition) is 2. The van der Waals surface area contributed by atoms with Crippen molar-refractivity contribution in [1.29, 1.82) is 0 Å². The highest BCUT2D eigenvalue weighted by Crippen LogP contribution is 2.15. The summed E-state index contributed by atoms with van der Waals surface area (Å²) in [6.45, 7) is 1.49. The molecule has 0 fully saturated rings. The van der Waals surface area contributed by atoms with Crippen LogP contribution < -0.4 is 0 Å². The summed E-state index contributed by atoms with van der Waals surface area (Å²) < 4.78 is 6.89. The first-order valence-corrected chi connectivity index (χ1v) is 4.98. The summed E-state index contributed by atoms with van der Waals surface area (Å²) >= 11 is 0. The lowest BCUT2D eigenvalue weighted by atomic mass is 10.2. The van der Waals surface area contributed by atoms with Gasteiger partial charge in [0.25, 0.3) is 0 Å². The van der Waals surface area contributed by atoms with Crippen molar-refractivity contribution in [2.75, 3.05) is 13.7 Å². The zero-order chi connectivity index (χ0) is 10.5. The fourth-order valence-corrected chi connectivity index (χ4v) is 1.43. The van der Waals surface area contributed by atoms with Gasteiger partial charge >= 0.3 is 0 Å².